The normalized spacial score (nSPS) is 13.0. The van der Waals surface area contributed by atoms with Gasteiger partial charge in [0.25, 0.3) is 0 Å². The van der Waals surface area contributed by atoms with Gasteiger partial charge in [-0.15, -0.1) is 22.9 Å². The fourth-order valence-electron chi connectivity index (χ4n) is 2.43. The number of aryl methyl sites for hydroxylation is 2. The summed E-state index contributed by atoms with van der Waals surface area (Å²) in [5.74, 6) is 0.945. The van der Waals surface area contributed by atoms with Gasteiger partial charge in [-0.1, -0.05) is 6.07 Å². The molecule has 0 fully saturated rings. The Labute approximate surface area is 128 Å². The van der Waals surface area contributed by atoms with Crippen LogP contribution in [0, 0.1) is 13.8 Å². The molecule has 0 aliphatic carbocycles. The second-order valence-electron chi connectivity index (χ2n) is 5.19. The maximum atomic E-state index is 6.32. The first kappa shape index (κ1) is 13.7. The number of fused-ring (bicyclic) bond motifs is 1. The van der Waals surface area contributed by atoms with Crippen LogP contribution < -0.4 is 0 Å². The molecule has 1 atom stereocenters. The minimum Gasteiger partial charge on any atom is -0.321 e. The van der Waals surface area contributed by atoms with E-state index in [9.17, 15) is 0 Å². The summed E-state index contributed by atoms with van der Waals surface area (Å²) in [5, 5.41) is 2.04. The Morgan fingerprint density at radius 3 is 2.75 bits per heavy atom. The molecule has 104 valence electrons. The molecule has 0 amide bonds. The number of hydrogen-bond acceptors (Lipinski definition) is 2. The van der Waals surface area contributed by atoms with Gasteiger partial charge in [0.1, 0.15) is 5.82 Å². The topological polar surface area (TPSA) is 17.8 Å². The number of rotatable bonds is 3. The van der Waals surface area contributed by atoms with Crippen LogP contribution in [0.1, 0.15) is 34.1 Å². The number of thiophene rings is 1. The first-order chi connectivity index (χ1) is 9.56. The Hall–Kier alpha value is -1.32. The SMILES string of the molecule is Cc1ccc2nc(C(C)Cl)n(Cc3sccc3C)c2c1. The molecule has 4 heteroatoms. The maximum absolute atomic E-state index is 6.32. The fourth-order valence-corrected chi connectivity index (χ4v) is 3.49. The van der Waals surface area contributed by atoms with Crippen LogP contribution in [0.25, 0.3) is 11.0 Å². The van der Waals surface area contributed by atoms with Crippen LogP contribution in [0.4, 0.5) is 0 Å². The van der Waals surface area contributed by atoms with Gasteiger partial charge in [0.05, 0.1) is 23.0 Å². The molecular formula is C16H17ClN2S. The van der Waals surface area contributed by atoms with E-state index in [1.165, 1.54) is 21.5 Å². The molecule has 0 radical (unpaired) electrons. The molecule has 0 bridgehead atoms. The highest BCUT2D eigenvalue weighted by molar-refractivity contribution is 7.10. The van der Waals surface area contributed by atoms with Crippen LogP contribution in [0.3, 0.4) is 0 Å². The predicted octanol–water partition coefficient (Wildman–Crippen LogP) is 5.06. The summed E-state index contributed by atoms with van der Waals surface area (Å²) in [5.41, 5.74) is 4.76. The van der Waals surface area contributed by atoms with E-state index >= 15 is 0 Å². The molecule has 0 aliphatic rings. The van der Waals surface area contributed by atoms with Crippen molar-refractivity contribution in [2.24, 2.45) is 0 Å². The fraction of sp³-hybridized carbons (Fsp3) is 0.312. The standard InChI is InChI=1S/C16H17ClN2S/c1-10-4-5-13-14(8-10)19(16(18-13)12(3)17)9-15-11(2)6-7-20-15/h4-8,12H,9H2,1-3H3. The van der Waals surface area contributed by atoms with Crippen molar-refractivity contribution in [3.05, 3.63) is 51.5 Å². The van der Waals surface area contributed by atoms with Crippen LogP contribution >= 0.6 is 22.9 Å². The van der Waals surface area contributed by atoms with Gasteiger partial charge in [0, 0.05) is 4.88 Å². The third kappa shape index (κ3) is 2.36. The molecule has 0 aliphatic heterocycles. The summed E-state index contributed by atoms with van der Waals surface area (Å²) in [6.45, 7) is 7.08. The molecular weight excluding hydrogens is 288 g/mol. The van der Waals surface area contributed by atoms with E-state index in [2.05, 4.69) is 48.1 Å². The Kier molecular flexibility index (Phi) is 3.57. The van der Waals surface area contributed by atoms with Crippen molar-refractivity contribution in [1.82, 2.24) is 9.55 Å². The minimum absolute atomic E-state index is 0.0945. The highest BCUT2D eigenvalue weighted by atomic mass is 35.5. The molecule has 3 aromatic rings. The quantitative estimate of drug-likeness (QED) is 0.618. The zero-order valence-corrected chi connectivity index (χ0v) is 13.4. The van der Waals surface area contributed by atoms with E-state index in [1.54, 1.807) is 11.3 Å². The largest absolute Gasteiger partial charge is 0.321 e. The number of aromatic nitrogens is 2. The second kappa shape index (κ2) is 5.23. The van der Waals surface area contributed by atoms with Crippen molar-refractivity contribution in [3.63, 3.8) is 0 Å². The van der Waals surface area contributed by atoms with Crippen LogP contribution in [0.15, 0.2) is 29.6 Å². The summed E-state index contributed by atoms with van der Waals surface area (Å²) >= 11 is 8.11. The molecule has 2 aromatic heterocycles. The molecule has 20 heavy (non-hydrogen) atoms. The second-order valence-corrected chi connectivity index (χ2v) is 6.85. The molecule has 1 aromatic carbocycles. The van der Waals surface area contributed by atoms with E-state index in [0.717, 1.165) is 17.9 Å². The average Bonchev–Trinajstić information content (AvgIpc) is 2.95. The number of imidazole rings is 1. The summed E-state index contributed by atoms with van der Waals surface area (Å²) in [6.07, 6.45) is 0. The smallest absolute Gasteiger partial charge is 0.128 e. The van der Waals surface area contributed by atoms with E-state index in [-0.39, 0.29) is 5.38 Å². The Morgan fingerprint density at radius 2 is 2.10 bits per heavy atom. The van der Waals surface area contributed by atoms with E-state index in [0.29, 0.717) is 0 Å². The summed E-state index contributed by atoms with van der Waals surface area (Å²) in [4.78, 5) is 6.06. The highest BCUT2D eigenvalue weighted by Gasteiger charge is 2.16. The van der Waals surface area contributed by atoms with Crippen molar-refractivity contribution in [1.29, 1.82) is 0 Å². The predicted molar refractivity (Wildman–Crippen MR) is 86.9 cm³/mol. The van der Waals surface area contributed by atoms with Crippen molar-refractivity contribution < 1.29 is 0 Å². The van der Waals surface area contributed by atoms with Gasteiger partial charge in [-0.25, -0.2) is 4.98 Å². The summed E-state index contributed by atoms with van der Waals surface area (Å²) in [7, 11) is 0. The highest BCUT2D eigenvalue weighted by Crippen LogP contribution is 2.28. The third-order valence-corrected chi connectivity index (χ3v) is 4.76. The Morgan fingerprint density at radius 1 is 1.30 bits per heavy atom. The van der Waals surface area contributed by atoms with E-state index < -0.39 is 0 Å². The number of alkyl halides is 1. The van der Waals surface area contributed by atoms with Crippen molar-refractivity contribution in [2.45, 2.75) is 32.7 Å². The minimum atomic E-state index is -0.0945. The summed E-state index contributed by atoms with van der Waals surface area (Å²) in [6, 6.07) is 8.52. The lowest BCUT2D eigenvalue weighted by Crippen LogP contribution is -2.05. The van der Waals surface area contributed by atoms with Gasteiger partial charge in [0.15, 0.2) is 0 Å². The van der Waals surface area contributed by atoms with Crippen LogP contribution in [0.2, 0.25) is 0 Å². The lowest BCUT2D eigenvalue weighted by atomic mass is 10.2. The molecule has 0 N–H and O–H groups in total. The molecule has 3 rings (SSSR count). The van der Waals surface area contributed by atoms with E-state index in [4.69, 9.17) is 16.6 Å². The molecule has 0 saturated heterocycles. The van der Waals surface area contributed by atoms with Crippen LogP contribution in [-0.4, -0.2) is 9.55 Å². The molecule has 2 nitrogen and oxygen atoms in total. The van der Waals surface area contributed by atoms with Crippen LogP contribution in [0.5, 0.6) is 0 Å². The Bertz CT molecular complexity index is 755. The maximum Gasteiger partial charge on any atom is 0.128 e. The number of halogens is 1. The monoisotopic (exact) mass is 304 g/mol. The van der Waals surface area contributed by atoms with Gasteiger partial charge in [-0.3, -0.25) is 0 Å². The molecule has 2 heterocycles. The number of nitrogens with zero attached hydrogens (tertiary/aromatic N) is 2. The summed E-state index contributed by atoms with van der Waals surface area (Å²) < 4.78 is 2.25. The van der Waals surface area contributed by atoms with Crippen LogP contribution in [-0.2, 0) is 6.54 Å². The molecule has 0 spiro atoms. The molecule has 0 saturated carbocycles. The van der Waals surface area contributed by atoms with Gasteiger partial charge in [-0.05, 0) is 55.5 Å². The first-order valence-corrected chi connectivity index (χ1v) is 8.01. The number of hydrogen-bond donors (Lipinski definition) is 0. The zero-order chi connectivity index (χ0) is 14.3. The molecule has 1 unspecified atom stereocenters. The van der Waals surface area contributed by atoms with Gasteiger partial charge in [0.2, 0.25) is 0 Å². The van der Waals surface area contributed by atoms with E-state index in [1.807, 2.05) is 6.92 Å². The van der Waals surface area contributed by atoms with Crippen molar-refractivity contribution >= 4 is 34.0 Å². The van der Waals surface area contributed by atoms with Gasteiger partial charge >= 0.3 is 0 Å². The third-order valence-electron chi connectivity index (χ3n) is 3.56. The van der Waals surface area contributed by atoms with Crippen molar-refractivity contribution in [2.75, 3.05) is 0 Å². The first-order valence-electron chi connectivity index (χ1n) is 6.70. The lowest BCUT2D eigenvalue weighted by molar-refractivity contribution is 0.748. The Balaban J connectivity index is 2.18. The lowest BCUT2D eigenvalue weighted by Gasteiger charge is -2.10. The van der Waals surface area contributed by atoms with Gasteiger partial charge < -0.3 is 4.57 Å². The zero-order valence-electron chi connectivity index (χ0n) is 11.9. The average molecular weight is 305 g/mol. The van der Waals surface area contributed by atoms with Gasteiger partial charge in [-0.2, -0.15) is 0 Å². The van der Waals surface area contributed by atoms with Crippen molar-refractivity contribution in [3.8, 4) is 0 Å². The number of benzene rings is 1.